The Bertz CT molecular complexity index is 980. The van der Waals surface area contributed by atoms with Crippen molar-refractivity contribution in [2.24, 2.45) is 10.9 Å². The number of carbonyl (C=O) groups is 1. The van der Waals surface area contributed by atoms with Gasteiger partial charge in [0.05, 0.1) is 6.04 Å². The minimum atomic E-state index is -4.80. The highest BCUT2D eigenvalue weighted by molar-refractivity contribution is 6.07. The van der Waals surface area contributed by atoms with Gasteiger partial charge in [-0.25, -0.2) is 0 Å². The molecular formula is C25H28F3N3O2. The first-order chi connectivity index (χ1) is 15.6. The van der Waals surface area contributed by atoms with Gasteiger partial charge in [0, 0.05) is 17.6 Å². The fourth-order valence-corrected chi connectivity index (χ4v) is 4.95. The summed E-state index contributed by atoms with van der Waals surface area (Å²) in [6.45, 7) is 0.713. The molecule has 3 aliphatic rings. The first-order valence-corrected chi connectivity index (χ1v) is 11.5. The number of hydrogen-bond acceptors (Lipinski definition) is 4. The van der Waals surface area contributed by atoms with Crippen molar-refractivity contribution in [2.75, 3.05) is 0 Å². The van der Waals surface area contributed by atoms with Crippen molar-refractivity contribution in [2.45, 2.75) is 81.8 Å². The van der Waals surface area contributed by atoms with E-state index in [1.165, 1.54) is 24.3 Å². The second-order valence-corrected chi connectivity index (χ2v) is 9.49. The highest BCUT2D eigenvalue weighted by atomic mass is 19.4. The van der Waals surface area contributed by atoms with Crippen LogP contribution < -0.4 is 0 Å². The molecule has 1 aliphatic heterocycles. The summed E-state index contributed by atoms with van der Waals surface area (Å²) in [7, 11) is 0. The maximum Gasteiger partial charge on any atom is 0.421 e. The van der Waals surface area contributed by atoms with Crippen LogP contribution >= 0.6 is 0 Å². The molecule has 5 nitrogen and oxygen atoms in total. The smallest absolute Gasteiger partial charge is 0.376 e. The number of allylic oxidation sites excluding steroid dienone is 1. The van der Waals surface area contributed by atoms with Crippen molar-refractivity contribution in [1.29, 1.82) is 5.26 Å². The van der Waals surface area contributed by atoms with Crippen molar-refractivity contribution in [1.82, 2.24) is 4.90 Å². The van der Waals surface area contributed by atoms with Crippen molar-refractivity contribution < 1.29 is 23.1 Å². The molecule has 8 heteroatoms. The minimum absolute atomic E-state index is 0.0951. The molecule has 1 aromatic rings. The van der Waals surface area contributed by atoms with Crippen LogP contribution in [0.15, 0.2) is 41.4 Å². The molecule has 0 bridgehead atoms. The summed E-state index contributed by atoms with van der Waals surface area (Å²) in [6, 6.07) is 7.63. The molecule has 0 radical (unpaired) electrons. The van der Waals surface area contributed by atoms with Crippen LogP contribution in [0.3, 0.4) is 0 Å². The quantitative estimate of drug-likeness (QED) is 0.680. The van der Waals surface area contributed by atoms with E-state index >= 15 is 0 Å². The zero-order valence-electron chi connectivity index (χ0n) is 18.6. The lowest BCUT2D eigenvalue weighted by Gasteiger charge is -2.39. The lowest BCUT2D eigenvalue weighted by atomic mass is 9.79. The number of halogens is 3. The van der Waals surface area contributed by atoms with Gasteiger partial charge in [0.25, 0.3) is 5.91 Å². The summed E-state index contributed by atoms with van der Waals surface area (Å²) in [5.41, 5.74) is -2.45. The maximum absolute atomic E-state index is 13.3. The van der Waals surface area contributed by atoms with E-state index in [0.29, 0.717) is 24.1 Å². The fourth-order valence-electron chi connectivity index (χ4n) is 4.95. The van der Waals surface area contributed by atoms with Crippen molar-refractivity contribution in [3.8, 4) is 6.07 Å². The molecule has 1 amide bonds. The van der Waals surface area contributed by atoms with Gasteiger partial charge in [0.15, 0.2) is 5.60 Å². The van der Waals surface area contributed by atoms with Crippen molar-refractivity contribution >= 4 is 11.6 Å². The van der Waals surface area contributed by atoms with Crippen LogP contribution in [-0.4, -0.2) is 45.9 Å². The lowest BCUT2D eigenvalue weighted by molar-refractivity contribution is -0.258. The number of carbonyl (C=O) groups excluding carboxylic acids is 1. The van der Waals surface area contributed by atoms with E-state index < -0.39 is 11.8 Å². The van der Waals surface area contributed by atoms with Gasteiger partial charge >= 0.3 is 6.18 Å². The average molecular weight is 460 g/mol. The monoisotopic (exact) mass is 459 g/mol. The number of hydrogen-bond donors (Lipinski definition) is 1. The summed E-state index contributed by atoms with van der Waals surface area (Å²) in [4.78, 5) is 19.8. The number of aliphatic imine (C=N–C) groups is 1. The van der Waals surface area contributed by atoms with Crippen LogP contribution in [0.1, 0.15) is 67.8 Å². The number of aliphatic hydroxyl groups is 1. The van der Waals surface area contributed by atoms with Gasteiger partial charge < -0.3 is 10.0 Å². The fraction of sp³-hybridized carbons (Fsp3) is 0.560. The highest BCUT2D eigenvalue weighted by Gasteiger charge is 2.51. The Hall–Kier alpha value is -2.66. The third kappa shape index (κ3) is 4.84. The van der Waals surface area contributed by atoms with E-state index in [1.807, 2.05) is 11.0 Å². The average Bonchev–Trinajstić information content (AvgIpc) is 3.64. The standard InChI is InChI=1S/C25H28F3N3O2/c1-24(33,25(26,27)28)18-9-5-17(6-10-18)23(32)31(21-13-14-21)20-11-7-16(8-12-20)22-4-2-3-19(15-29)30-22/h2-3,5-6,9-10,16,20-22,33H,4,7-8,11-14H2,1H3/t16-,20-,22?,24-/m0/s1. The second-order valence-electron chi connectivity index (χ2n) is 9.49. The third-order valence-electron chi connectivity index (χ3n) is 7.17. The zero-order chi connectivity index (χ0) is 23.8. The molecule has 4 rings (SSSR count). The zero-order valence-corrected chi connectivity index (χ0v) is 18.6. The number of amides is 1. The van der Waals surface area contributed by atoms with E-state index in [-0.39, 0.29) is 29.6 Å². The number of alkyl halides is 3. The molecule has 1 unspecified atom stereocenters. The van der Waals surface area contributed by atoms with Crippen molar-refractivity contribution in [3.05, 3.63) is 47.5 Å². The molecule has 1 aromatic carbocycles. The molecular weight excluding hydrogens is 431 g/mol. The Labute approximate surface area is 191 Å². The predicted octanol–water partition coefficient (Wildman–Crippen LogP) is 4.91. The molecule has 0 saturated heterocycles. The van der Waals surface area contributed by atoms with Crippen LogP contribution in [0.2, 0.25) is 0 Å². The first kappa shape index (κ1) is 23.5. The maximum atomic E-state index is 13.3. The minimum Gasteiger partial charge on any atom is -0.376 e. The van der Waals surface area contributed by atoms with Crippen LogP contribution in [0.4, 0.5) is 13.2 Å². The number of dihydropyridines is 1. The van der Waals surface area contributed by atoms with Crippen LogP contribution in [0.25, 0.3) is 0 Å². The SMILES string of the molecule is C[C@](O)(c1ccc(C(=O)N(C2CC2)[C@H]2CC[C@H](C3CC=CC(C#N)=N3)CC2)cc1)C(F)(F)F. The van der Waals surface area contributed by atoms with Gasteiger partial charge in [-0.05, 0) is 81.6 Å². The van der Waals surface area contributed by atoms with E-state index in [9.17, 15) is 23.1 Å². The Kier molecular flexibility index (Phi) is 6.37. The van der Waals surface area contributed by atoms with Gasteiger partial charge in [-0.3, -0.25) is 9.79 Å². The Morgan fingerprint density at radius 3 is 2.18 bits per heavy atom. The Morgan fingerprint density at radius 2 is 1.67 bits per heavy atom. The van der Waals surface area contributed by atoms with Crippen LogP contribution in [0.5, 0.6) is 0 Å². The van der Waals surface area contributed by atoms with Gasteiger partial charge in [-0.15, -0.1) is 0 Å². The van der Waals surface area contributed by atoms with Gasteiger partial charge in [0.2, 0.25) is 0 Å². The largest absolute Gasteiger partial charge is 0.421 e. The Morgan fingerprint density at radius 1 is 1.09 bits per heavy atom. The normalized spacial score (nSPS) is 27.3. The van der Waals surface area contributed by atoms with Crippen LogP contribution in [0, 0.1) is 17.2 Å². The number of rotatable bonds is 5. The summed E-state index contributed by atoms with van der Waals surface area (Å²) in [5, 5.41) is 19.0. The molecule has 2 aliphatic carbocycles. The van der Waals surface area contributed by atoms with Gasteiger partial charge in [0.1, 0.15) is 11.8 Å². The highest BCUT2D eigenvalue weighted by Crippen LogP contribution is 2.40. The molecule has 0 spiro atoms. The van der Waals surface area contributed by atoms with Gasteiger partial charge in [-0.2, -0.15) is 18.4 Å². The molecule has 2 saturated carbocycles. The van der Waals surface area contributed by atoms with Crippen molar-refractivity contribution in [3.63, 3.8) is 0 Å². The van der Waals surface area contributed by atoms with Crippen LogP contribution in [-0.2, 0) is 5.60 Å². The summed E-state index contributed by atoms with van der Waals surface area (Å²) in [6.07, 6.45) is 5.23. The predicted molar refractivity (Wildman–Crippen MR) is 118 cm³/mol. The number of nitrogens with zero attached hydrogens (tertiary/aromatic N) is 3. The summed E-state index contributed by atoms with van der Waals surface area (Å²) >= 11 is 0. The first-order valence-electron chi connectivity index (χ1n) is 11.5. The van der Waals surface area contributed by atoms with E-state index in [1.54, 1.807) is 6.08 Å². The molecule has 1 N–H and O–H groups in total. The lowest BCUT2D eigenvalue weighted by Crippen LogP contribution is -2.45. The molecule has 33 heavy (non-hydrogen) atoms. The summed E-state index contributed by atoms with van der Waals surface area (Å²) < 4.78 is 39.4. The Balaban J connectivity index is 1.43. The molecule has 176 valence electrons. The number of benzene rings is 1. The van der Waals surface area contributed by atoms with Gasteiger partial charge in [-0.1, -0.05) is 18.2 Å². The third-order valence-corrected chi connectivity index (χ3v) is 7.17. The molecule has 2 fully saturated rings. The van der Waals surface area contributed by atoms with E-state index in [2.05, 4.69) is 11.1 Å². The molecule has 2 atom stereocenters. The topological polar surface area (TPSA) is 76.7 Å². The number of nitriles is 1. The molecule has 0 aromatic heterocycles. The second kappa shape index (κ2) is 8.94. The summed E-state index contributed by atoms with van der Waals surface area (Å²) in [5.74, 6) is 0.221. The van der Waals surface area contributed by atoms with E-state index in [4.69, 9.17) is 5.26 Å². The van der Waals surface area contributed by atoms with E-state index in [0.717, 1.165) is 44.9 Å². The molecule has 1 heterocycles.